The Hall–Kier alpha value is -1.12. The number of esters is 1. The van der Waals surface area contributed by atoms with E-state index in [2.05, 4.69) is 33.9 Å². The van der Waals surface area contributed by atoms with Gasteiger partial charge in [0.25, 0.3) is 0 Å². The molecule has 0 aromatic carbocycles. The summed E-state index contributed by atoms with van der Waals surface area (Å²) in [6.07, 6.45) is -0.576. The van der Waals surface area contributed by atoms with Gasteiger partial charge in [0.15, 0.2) is 8.32 Å². The summed E-state index contributed by atoms with van der Waals surface area (Å²) in [7, 11) is -2.00. The van der Waals surface area contributed by atoms with E-state index in [9.17, 15) is 14.7 Å². The van der Waals surface area contributed by atoms with Gasteiger partial charge in [-0.3, -0.25) is 4.79 Å². The van der Waals surface area contributed by atoms with Crippen molar-refractivity contribution in [2.45, 2.75) is 110 Å². The number of rotatable bonds is 7. The van der Waals surface area contributed by atoms with E-state index in [1.54, 1.807) is 11.8 Å². The molecule has 0 unspecified atom stereocenters. The van der Waals surface area contributed by atoms with Crippen molar-refractivity contribution < 1.29 is 28.6 Å². The van der Waals surface area contributed by atoms with Crippen LogP contribution in [0.5, 0.6) is 0 Å². The number of likely N-dealkylation sites (tertiary alicyclic amines) is 1. The highest BCUT2D eigenvalue weighted by molar-refractivity contribution is 6.74. The van der Waals surface area contributed by atoms with E-state index in [-0.39, 0.29) is 36.6 Å². The summed E-state index contributed by atoms with van der Waals surface area (Å²) in [5.41, 5.74) is -0.608. The van der Waals surface area contributed by atoms with Crippen LogP contribution in [-0.4, -0.2) is 67.4 Å². The molecule has 1 N–H and O–H groups in total. The van der Waals surface area contributed by atoms with Crippen molar-refractivity contribution in [3.8, 4) is 0 Å². The van der Waals surface area contributed by atoms with E-state index in [0.717, 1.165) is 0 Å². The van der Waals surface area contributed by atoms with Gasteiger partial charge in [0.2, 0.25) is 0 Å². The third-order valence-electron chi connectivity index (χ3n) is 5.52. The van der Waals surface area contributed by atoms with Crippen LogP contribution in [0.2, 0.25) is 18.1 Å². The molecular weight excluding hydrogens is 390 g/mol. The molecule has 7 nitrogen and oxygen atoms in total. The van der Waals surface area contributed by atoms with Crippen LogP contribution in [0.4, 0.5) is 4.79 Å². The van der Waals surface area contributed by atoms with Gasteiger partial charge in [-0.25, -0.2) is 4.79 Å². The molecule has 1 heterocycles. The molecule has 0 aliphatic carbocycles. The largest absolute Gasteiger partial charge is 0.466 e. The molecule has 1 fully saturated rings. The Labute approximate surface area is 177 Å². The molecule has 1 rings (SSSR count). The first kappa shape index (κ1) is 25.9. The smallest absolute Gasteiger partial charge is 0.410 e. The Morgan fingerprint density at radius 2 is 1.76 bits per heavy atom. The second-order valence-corrected chi connectivity index (χ2v) is 15.2. The lowest BCUT2D eigenvalue weighted by Crippen LogP contribution is -2.45. The predicted octanol–water partition coefficient (Wildman–Crippen LogP) is 4.09. The molecule has 0 radical (unpaired) electrons. The minimum atomic E-state index is -2.00. The van der Waals surface area contributed by atoms with Crippen molar-refractivity contribution in [3.63, 3.8) is 0 Å². The van der Waals surface area contributed by atoms with Gasteiger partial charge in [-0.15, -0.1) is 0 Å². The van der Waals surface area contributed by atoms with E-state index >= 15 is 0 Å². The summed E-state index contributed by atoms with van der Waals surface area (Å²) in [5.74, 6) is -0.434. The van der Waals surface area contributed by atoms with E-state index in [4.69, 9.17) is 13.9 Å². The van der Waals surface area contributed by atoms with Crippen molar-refractivity contribution in [1.82, 2.24) is 4.90 Å². The fraction of sp³-hybridized carbons (Fsp3) is 0.905. The quantitative estimate of drug-likeness (QED) is 0.483. The third kappa shape index (κ3) is 8.26. The van der Waals surface area contributed by atoms with Gasteiger partial charge >= 0.3 is 12.1 Å². The first-order chi connectivity index (χ1) is 13.1. The van der Waals surface area contributed by atoms with Crippen molar-refractivity contribution in [2.24, 2.45) is 0 Å². The Morgan fingerprint density at radius 1 is 1.17 bits per heavy atom. The van der Waals surface area contributed by atoms with Crippen LogP contribution in [0.25, 0.3) is 0 Å². The monoisotopic (exact) mass is 431 g/mol. The summed E-state index contributed by atoms with van der Waals surface area (Å²) in [6, 6.07) is -0.246. The molecule has 1 aliphatic rings. The van der Waals surface area contributed by atoms with Crippen LogP contribution in [0.3, 0.4) is 0 Å². The highest BCUT2D eigenvalue weighted by atomic mass is 28.4. The summed E-state index contributed by atoms with van der Waals surface area (Å²) in [4.78, 5) is 26.1. The normalized spacial score (nSPS) is 21.8. The standard InChI is InChI=1S/C21H41NO6Si/c1-10-26-18(24)13-16(23)11-15-12-17(28-29(8,9)21(5,6)7)14-22(15)19(25)27-20(2,3)4/h15-17,23H,10-14H2,1-9H3/t15-,16+,17-/m1/s1. The molecule has 0 aromatic rings. The molecule has 0 bridgehead atoms. The minimum absolute atomic E-state index is 0.0608. The van der Waals surface area contributed by atoms with E-state index in [1.807, 2.05) is 20.8 Å². The molecule has 29 heavy (non-hydrogen) atoms. The van der Waals surface area contributed by atoms with Gasteiger partial charge in [0, 0.05) is 12.6 Å². The van der Waals surface area contributed by atoms with Crippen LogP contribution in [0.1, 0.15) is 67.7 Å². The van der Waals surface area contributed by atoms with Gasteiger partial charge in [0.05, 0.1) is 25.2 Å². The van der Waals surface area contributed by atoms with Crippen molar-refractivity contribution in [1.29, 1.82) is 0 Å². The molecular formula is C21H41NO6Si. The number of aliphatic hydroxyl groups is 1. The van der Waals surface area contributed by atoms with Gasteiger partial charge in [0.1, 0.15) is 5.60 Å². The number of amides is 1. The van der Waals surface area contributed by atoms with Gasteiger partial charge in [-0.1, -0.05) is 20.8 Å². The fourth-order valence-electron chi connectivity index (χ4n) is 3.13. The van der Waals surface area contributed by atoms with Crippen molar-refractivity contribution >= 4 is 20.4 Å². The van der Waals surface area contributed by atoms with Crippen LogP contribution < -0.4 is 0 Å². The predicted molar refractivity (Wildman–Crippen MR) is 115 cm³/mol. The number of nitrogens with zero attached hydrogens (tertiary/aromatic N) is 1. The average Bonchev–Trinajstić information content (AvgIpc) is 2.85. The third-order valence-corrected chi connectivity index (χ3v) is 10.1. The molecule has 8 heteroatoms. The SMILES string of the molecule is CCOC(=O)C[C@@H](O)C[C@@H]1C[C@@H](O[Si](C)(C)C(C)(C)C)CN1C(=O)OC(C)(C)C. The maximum Gasteiger partial charge on any atom is 0.410 e. The molecule has 0 aromatic heterocycles. The first-order valence-electron chi connectivity index (χ1n) is 10.6. The second kappa shape index (κ2) is 9.79. The number of hydrogen-bond donors (Lipinski definition) is 1. The maximum absolute atomic E-state index is 12.8. The highest BCUT2D eigenvalue weighted by Gasteiger charge is 2.44. The average molecular weight is 432 g/mol. The topological polar surface area (TPSA) is 85.3 Å². The molecule has 0 spiro atoms. The Bertz CT molecular complexity index is 566. The molecule has 3 atom stereocenters. The highest BCUT2D eigenvalue weighted by Crippen LogP contribution is 2.39. The van der Waals surface area contributed by atoms with Crippen LogP contribution in [0, 0.1) is 0 Å². The number of hydrogen-bond acceptors (Lipinski definition) is 6. The number of ether oxygens (including phenoxy) is 2. The molecule has 1 saturated heterocycles. The zero-order valence-electron chi connectivity index (χ0n) is 19.7. The molecule has 0 saturated carbocycles. The molecule has 170 valence electrons. The molecule has 1 amide bonds. The van der Waals surface area contributed by atoms with Gasteiger partial charge < -0.3 is 23.9 Å². The zero-order chi connectivity index (χ0) is 22.6. The van der Waals surface area contributed by atoms with Gasteiger partial charge in [-0.05, 0) is 58.7 Å². The lowest BCUT2D eigenvalue weighted by Gasteiger charge is -2.38. The van der Waals surface area contributed by atoms with Crippen LogP contribution >= 0.6 is 0 Å². The van der Waals surface area contributed by atoms with Gasteiger partial charge in [-0.2, -0.15) is 0 Å². The van der Waals surface area contributed by atoms with Crippen LogP contribution in [0.15, 0.2) is 0 Å². The number of carbonyl (C=O) groups excluding carboxylic acids is 2. The van der Waals surface area contributed by atoms with Crippen molar-refractivity contribution in [3.05, 3.63) is 0 Å². The number of carbonyl (C=O) groups is 2. The lowest BCUT2D eigenvalue weighted by molar-refractivity contribution is -0.145. The minimum Gasteiger partial charge on any atom is -0.466 e. The van der Waals surface area contributed by atoms with Crippen molar-refractivity contribution in [2.75, 3.05) is 13.2 Å². The van der Waals surface area contributed by atoms with E-state index in [0.29, 0.717) is 13.0 Å². The lowest BCUT2D eigenvalue weighted by atomic mass is 10.0. The fourth-order valence-corrected chi connectivity index (χ4v) is 4.49. The summed E-state index contributed by atoms with van der Waals surface area (Å²) in [6.45, 7) is 18.8. The van der Waals surface area contributed by atoms with E-state index in [1.165, 1.54) is 0 Å². The summed E-state index contributed by atoms with van der Waals surface area (Å²) in [5, 5.41) is 10.4. The first-order valence-corrected chi connectivity index (χ1v) is 13.5. The second-order valence-electron chi connectivity index (χ2n) is 10.4. The number of aliphatic hydroxyl groups excluding tert-OH is 1. The summed E-state index contributed by atoms with van der Waals surface area (Å²) < 4.78 is 17.0. The Morgan fingerprint density at radius 3 is 2.24 bits per heavy atom. The Balaban J connectivity index is 2.90. The van der Waals surface area contributed by atoms with E-state index < -0.39 is 32.1 Å². The Kier molecular flexibility index (Phi) is 8.75. The molecule has 1 aliphatic heterocycles. The maximum atomic E-state index is 12.8. The van der Waals surface area contributed by atoms with Crippen LogP contribution in [-0.2, 0) is 18.7 Å². The zero-order valence-corrected chi connectivity index (χ0v) is 20.7. The summed E-state index contributed by atoms with van der Waals surface area (Å²) >= 11 is 0.